The average molecular weight is 471 g/mol. The summed E-state index contributed by atoms with van der Waals surface area (Å²) in [5.74, 6) is 0.112. The third kappa shape index (κ3) is 3.16. The minimum atomic E-state index is -0.677. The van der Waals surface area contributed by atoms with Gasteiger partial charge in [-0.15, -0.1) is 0 Å². The van der Waals surface area contributed by atoms with Gasteiger partial charge in [0.1, 0.15) is 11.7 Å². The van der Waals surface area contributed by atoms with Gasteiger partial charge in [0.2, 0.25) is 0 Å². The van der Waals surface area contributed by atoms with E-state index in [0.717, 1.165) is 19.3 Å². The summed E-state index contributed by atoms with van der Waals surface area (Å²) < 4.78 is 17.4. The number of hydrogen-bond donors (Lipinski definition) is 0. The minimum Gasteiger partial charge on any atom is -0.465 e. The second-order valence-electron chi connectivity index (χ2n) is 12.5. The molecule has 34 heavy (non-hydrogen) atoms. The van der Waals surface area contributed by atoms with Crippen molar-refractivity contribution >= 4 is 17.9 Å². The molecule has 5 aliphatic rings. The smallest absolute Gasteiger partial charge is 0.330 e. The largest absolute Gasteiger partial charge is 0.465 e. The second-order valence-corrected chi connectivity index (χ2v) is 12.5. The highest BCUT2D eigenvalue weighted by atomic mass is 16.6. The first-order valence-corrected chi connectivity index (χ1v) is 12.8. The molecule has 0 aromatic rings. The molecule has 2 heterocycles. The Morgan fingerprint density at radius 1 is 1.12 bits per heavy atom. The summed E-state index contributed by atoms with van der Waals surface area (Å²) in [6.45, 7) is 12.9. The zero-order valence-electron chi connectivity index (χ0n) is 21.3. The van der Waals surface area contributed by atoms with E-state index >= 15 is 0 Å². The van der Waals surface area contributed by atoms with E-state index in [4.69, 9.17) is 14.2 Å². The molecule has 3 aliphatic carbocycles. The molecule has 2 aliphatic heterocycles. The quantitative estimate of drug-likeness (QED) is 0.329. The maximum absolute atomic E-state index is 12.5. The fourth-order valence-corrected chi connectivity index (χ4v) is 9.09. The van der Waals surface area contributed by atoms with Crippen molar-refractivity contribution in [3.8, 4) is 0 Å². The molecular weight excluding hydrogens is 432 g/mol. The highest BCUT2D eigenvalue weighted by Crippen LogP contribution is 2.71. The van der Waals surface area contributed by atoms with E-state index in [1.165, 1.54) is 12.5 Å². The molecule has 6 nitrogen and oxygen atoms in total. The summed E-state index contributed by atoms with van der Waals surface area (Å²) in [5, 5.41) is 0. The molecule has 186 valence electrons. The number of hydrogen-bond acceptors (Lipinski definition) is 6. The number of cyclic esters (lactones) is 2. The molecule has 2 saturated carbocycles. The van der Waals surface area contributed by atoms with Crippen molar-refractivity contribution in [2.24, 2.45) is 39.9 Å². The van der Waals surface area contributed by atoms with Gasteiger partial charge < -0.3 is 14.2 Å². The van der Waals surface area contributed by atoms with Gasteiger partial charge in [0.15, 0.2) is 0 Å². The monoisotopic (exact) mass is 470 g/mol. The standard InChI is InChI=1S/C28H38O6/c1-16(29)33-22-14-21-25(2,3)34-23(30)10-12-27(21,5)20-9-11-26(4)18(17-13-24(31)32-15-17)7-8-19(26)28(20,22)6/h8,10,12,17-18,20-22H,7,9,11,13-15H2,1-6H3/t17-,18+,20-,21+,22-,26+,27-,28+/m1/s1. The first-order chi connectivity index (χ1) is 15.8. The number of carbonyl (C=O) groups excluding carboxylic acids is 3. The third-order valence-electron chi connectivity index (χ3n) is 10.4. The van der Waals surface area contributed by atoms with Crippen LogP contribution < -0.4 is 0 Å². The molecule has 5 rings (SSSR count). The molecule has 3 fully saturated rings. The van der Waals surface area contributed by atoms with Crippen LogP contribution in [0.5, 0.6) is 0 Å². The number of ether oxygens (including phenoxy) is 3. The maximum Gasteiger partial charge on any atom is 0.330 e. The average Bonchev–Trinajstić information content (AvgIpc) is 3.28. The van der Waals surface area contributed by atoms with E-state index in [1.807, 2.05) is 13.8 Å². The predicted molar refractivity (Wildman–Crippen MR) is 125 cm³/mol. The van der Waals surface area contributed by atoms with Gasteiger partial charge in [-0.2, -0.15) is 0 Å². The summed E-state index contributed by atoms with van der Waals surface area (Å²) in [6.07, 6.45) is 9.79. The van der Waals surface area contributed by atoms with Crippen LogP contribution in [0.4, 0.5) is 0 Å². The third-order valence-corrected chi connectivity index (χ3v) is 10.4. The van der Waals surface area contributed by atoms with Crippen LogP contribution in [0.2, 0.25) is 0 Å². The van der Waals surface area contributed by atoms with Crippen molar-refractivity contribution in [3.05, 3.63) is 23.8 Å². The lowest BCUT2D eigenvalue weighted by Gasteiger charge is -2.65. The molecule has 6 heteroatoms. The van der Waals surface area contributed by atoms with Crippen molar-refractivity contribution < 1.29 is 28.6 Å². The first-order valence-electron chi connectivity index (χ1n) is 12.8. The van der Waals surface area contributed by atoms with Crippen LogP contribution in [-0.2, 0) is 28.6 Å². The normalized spacial score (nSPS) is 46.9. The van der Waals surface area contributed by atoms with Gasteiger partial charge in [0.25, 0.3) is 0 Å². The van der Waals surface area contributed by atoms with E-state index in [-0.39, 0.29) is 58.0 Å². The lowest BCUT2D eigenvalue weighted by molar-refractivity contribution is -0.201. The van der Waals surface area contributed by atoms with Crippen LogP contribution >= 0.6 is 0 Å². The van der Waals surface area contributed by atoms with Crippen LogP contribution in [0.3, 0.4) is 0 Å². The maximum atomic E-state index is 12.5. The van der Waals surface area contributed by atoms with Crippen molar-refractivity contribution in [1.29, 1.82) is 0 Å². The van der Waals surface area contributed by atoms with Gasteiger partial charge in [0, 0.05) is 30.3 Å². The van der Waals surface area contributed by atoms with Crippen molar-refractivity contribution in [1.82, 2.24) is 0 Å². The zero-order valence-corrected chi connectivity index (χ0v) is 21.3. The van der Waals surface area contributed by atoms with E-state index in [1.54, 1.807) is 6.08 Å². The second kappa shape index (κ2) is 7.44. The fraction of sp³-hybridized carbons (Fsp3) is 0.750. The lowest BCUT2D eigenvalue weighted by atomic mass is 9.40. The molecule has 1 saturated heterocycles. The Hall–Kier alpha value is -2.11. The number of fused-ring (bicyclic) bond motifs is 5. The van der Waals surface area contributed by atoms with Gasteiger partial charge in [0.05, 0.1) is 13.0 Å². The van der Waals surface area contributed by atoms with E-state index in [9.17, 15) is 14.4 Å². The minimum absolute atomic E-state index is 0.0214. The Labute approximate surface area is 202 Å². The highest BCUT2D eigenvalue weighted by Gasteiger charge is 2.68. The molecule has 0 amide bonds. The molecule has 0 spiro atoms. The van der Waals surface area contributed by atoms with E-state index in [0.29, 0.717) is 25.4 Å². The Morgan fingerprint density at radius 2 is 1.85 bits per heavy atom. The summed E-state index contributed by atoms with van der Waals surface area (Å²) in [4.78, 5) is 36.7. The summed E-state index contributed by atoms with van der Waals surface area (Å²) >= 11 is 0. The molecule has 0 radical (unpaired) electrons. The number of allylic oxidation sites excluding steroid dienone is 2. The Kier molecular flexibility index (Phi) is 5.17. The molecule has 0 unspecified atom stereocenters. The van der Waals surface area contributed by atoms with Gasteiger partial charge >= 0.3 is 17.9 Å². The number of rotatable bonds is 2. The molecule has 0 bridgehead atoms. The first kappa shape index (κ1) is 23.6. The van der Waals surface area contributed by atoms with Gasteiger partial charge in [-0.05, 0) is 62.2 Å². The summed E-state index contributed by atoms with van der Waals surface area (Å²) in [6, 6.07) is 0. The summed E-state index contributed by atoms with van der Waals surface area (Å²) in [5.41, 5.74) is -0.0238. The van der Waals surface area contributed by atoms with Gasteiger partial charge in [-0.1, -0.05) is 38.5 Å². The van der Waals surface area contributed by atoms with Crippen molar-refractivity contribution in [3.63, 3.8) is 0 Å². The number of esters is 3. The van der Waals surface area contributed by atoms with Gasteiger partial charge in [-0.25, -0.2) is 4.79 Å². The zero-order chi connectivity index (χ0) is 24.7. The van der Waals surface area contributed by atoms with Crippen LogP contribution in [0.1, 0.15) is 73.6 Å². The van der Waals surface area contributed by atoms with Crippen LogP contribution in [0.25, 0.3) is 0 Å². The topological polar surface area (TPSA) is 78.9 Å². The fourth-order valence-electron chi connectivity index (χ4n) is 9.09. The molecule has 0 aromatic heterocycles. The Balaban J connectivity index is 1.60. The van der Waals surface area contributed by atoms with Gasteiger partial charge in [-0.3, -0.25) is 9.59 Å². The number of carbonyl (C=O) groups is 3. The Morgan fingerprint density at radius 3 is 2.50 bits per heavy atom. The SMILES string of the molecule is CC(=O)O[C@@H]1C[C@H]2C(C)(C)OC(=O)C=C[C@]2(C)[C@H]2CC[C@]3(C)C(=CC[C@H]3[C@H]3COC(=O)C3)[C@@]21C. The molecular formula is C28H38O6. The molecule has 0 aromatic carbocycles. The predicted octanol–water partition coefficient (Wildman–Crippen LogP) is 4.77. The van der Waals surface area contributed by atoms with E-state index < -0.39 is 5.60 Å². The van der Waals surface area contributed by atoms with Crippen molar-refractivity contribution in [2.45, 2.75) is 85.4 Å². The lowest BCUT2D eigenvalue weighted by Crippen LogP contribution is -2.63. The van der Waals surface area contributed by atoms with Crippen LogP contribution in [0.15, 0.2) is 23.8 Å². The highest BCUT2D eigenvalue weighted by molar-refractivity contribution is 5.83. The summed E-state index contributed by atoms with van der Waals surface area (Å²) in [7, 11) is 0. The van der Waals surface area contributed by atoms with Crippen molar-refractivity contribution in [2.75, 3.05) is 6.61 Å². The van der Waals surface area contributed by atoms with Crippen LogP contribution in [-0.4, -0.2) is 36.2 Å². The molecule has 0 N–H and O–H groups in total. The Bertz CT molecular complexity index is 993. The van der Waals surface area contributed by atoms with E-state index in [2.05, 4.69) is 32.9 Å². The molecule has 8 atom stereocenters. The van der Waals surface area contributed by atoms with Crippen LogP contribution in [0, 0.1) is 39.9 Å².